The number of rotatable bonds is 7. The average molecular weight is 412 g/mol. The van der Waals surface area contributed by atoms with E-state index in [1.54, 1.807) is 25.4 Å². The molecule has 1 unspecified atom stereocenters. The van der Waals surface area contributed by atoms with Crippen molar-refractivity contribution in [3.05, 3.63) is 70.2 Å². The van der Waals surface area contributed by atoms with Crippen molar-refractivity contribution in [2.75, 3.05) is 7.11 Å². The van der Waals surface area contributed by atoms with E-state index in [0.29, 0.717) is 16.3 Å². The van der Waals surface area contributed by atoms with Crippen molar-refractivity contribution in [3.63, 3.8) is 0 Å². The van der Waals surface area contributed by atoms with Crippen LogP contribution in [0.1, 0.15) is 51.5 Å². The van der Waals surface area contributed by atoms with Crippen LogP contribution in [0.3, 0.4) is 0 Å². The summed E-state index contributed by atoms with van der Waals surface area (Å²) in [7, 11) is 1.63. The molecule has 6 nitrogen and oxygen atoms in total. The summed E-state index contributed by atoms with van der Waals surface area (Å²) in [4.78, 5) is 17.4. The third kappa shape index (κ3) is 4.79. The zero-order chi connectivity index (χ0) is 21.0. The number of hydrogen-bond donors (Lipinski definition) is 1. The van der Waals surface area contributed by atoms with Gasteiger partial charge in [0.2, 0.25) is 0 Å². The predicted octanol–water partition coefficient (Wildman–Crippen LogP) is 4.79. The Morgan fingerprint density at radius 3 is 2.76 bits per heavy atom. The summed E-state index contributed by atoms with van der Waals surface area (Å²) in [6.07, 6.45) is 1.69. The molecule has 1 atom stereocenters. The number of thioether (sulfide) groups is 1. The first-order valence-electron chi connectivity index (χ1n) is 9.35. The van der Waals surface area contributed by atoms with Gasteiger partial charge >= 0.3 is 0 Å². The van der Waals surface area contributed by atoms with Crippen LogP contribution in [0.15, 0.2) is 46.1 Å². The molecule has 0 saturated heterocycles. The molecule has 0 radical (unpaired) electrons. The van der Waals surface area contributed by atoms with Crippen molar-refractivity contribution in [1.82, 2.24) is 15.5 Å². The maximum atomic E-state index is 13.0. The molecule has 3 aromatic rings. The Morgan fingerprint density at radius 1 is 1.28 bits per heavy atom. The van der Waals surface area contributed by atoms with Crippen molar-refractivity contribution >= 4 is 17.7 Å². The van der Waals surface area contributed by atoms with Gasteiger partial charge in [0, 0.05) is 23.1 Å². The molecule has 0 aliphatic heterocycles. The highest BCUT2D eigenvalue weighted by molar-refractivity contribution is 7.98. The van der Waals surface area contributed by atoms with E-state index in [4.69, 9.17) is 9.26 Å². The summed E-state index contributed by atoms with van der Waals surface area (Å²) in [6, 6.07) is 9.28. The zero-order valence-electron chi connectivity index (χ0n) is 17.3. The van der Waals surface area contributed by atoms with Crippen LogP contribution in [0.5, 0.6) is 5.75 Å². The first kappa shape index (κ1) is 20.9. The Bertz CT molecular complexity index is 997. The molecule has 0 fully saturated rings. The number of ether oxygens (including phenoxy) is 1. The van der Waals surface area contributed by atoms with Crippen LogP contribution in [-0.2, 0) is 5.75 Å². The van der Waals surface area contributed by atoms with Crippen molar-refractivity contribution in [2.45, 2.75) is 44.5 Å². The van der Waals surface area contributed by atoms with Crippen LogP contribution in [0.2, 0.25) is 0 Å². The van der Waals surface area contributed by atoms with Crippen LogP contribution in [0, 0.1) is 20.8 Å². The van der Waals surface area contributed by atoms with Crippen molar-refractivity contribution in [2.24, 2.45) is 0 Å². The maximum absolute atomic E-state index is 13.0. The second-order valence-corrected chi connectivity index (χ2v) is 7.85. The second kappa shape index (κ2) is 9.13. The lowest BCUT2D eigenvalue weighted by Gasteiger charge is -2.18. The Kier molecular flexibility index (Phi) is 6.59. The monoisotopic (exact) mass is 411 g/mol. The number of pyridine rings is 1. The Labute approximate surface area is 175 Å². The van der Waals surface area contributed by atoms with E-state index in [-0.39, 0.29) is 11.9 Å². The number of hydrogen-bond acceptors (Lipinski definition) is 6. The minimum atomic E-state index is -0.210. The number of carbonyl (C=O) groups is 1. The molecule has 1 amide bonds. The SMILES string of the molecule is COc1ccc(C)cc1C(C)NC(=O)c1cccnc1SCc1c(C)noc1C. The third-order valence-corrected chi connectivity index (χ3v) is 5.78. The van der Waals surface area contributed by atoms with E-state index >= 15 is 0 Å². The number of methoxy groups -OCH3 is 1. The minimum Gasteiger partial charge on any atom is -0.496 e. The van der Waals surface area contributed by atoms with Crippen molar-refractivity contribution in [3.8, 4) is 5.75 Å². The summed E-state index contributed by atoms with van der Waals surface area (Å²) < 4.78 is 10.7. The van der Waals surface area contributed by atoms with E-state index < -0.39 is 0 Å². The van der Waals surface area contributed by atoms with E-state index in [9.17, 15) is 4.79 Å². The number of benzene rings is 1. The first-order valence-corrected chi connectivity index (χ1v) is 10.3. The van der Waals surface area contributed by atoms with Crippen LogP contribution in [0.4, 0.5) is 0 Å². The summed E-state index contributed by atoms with van der Waals surface area (Å²) in [5.74, 6) is 2.01. The topological polar surface area (TPSA) is 77.2 Å². The molecule has 2 aromatic heterocycles. The van der Waals surface area contributed by atoms with Crippen molar-refractivity contribution in [1.29, 1.82) is 0 Å². The molecule has 0 aliphatic rings. The summed E-state index contributed by atoms with van der Waals surface area (Å²) in [6.45, 7) is 7.76. The van der Waals surface area contributed by atoms with Crippen LogP contribution in [-0.4, -0.2) is 23.2 Å². The van der Waals surface area contributed by atoms with Gasteiger partial charge in [-0.2, -0.15) is 0 Å². The number of nitrogens with one attached hydrogen (secondary N) is 1. The molecule has 2 heterocycles. The Hall–Kier alpha value is -2.80. The molecular formula is C22H25N3O3S. The van der Waals surface area contributed by atoms with Gasteiger partial charge in [0.1, 0.15) is 16.5 Å². The fraction of sp³-hybridized carbons (Fsp3) is 0.318. The molecule has 29 heavy (non-hydrogen) atoms. The molecule has 0 aliphatic carbocycles. The number of aromatic nitrogens is 2. The molecule has 1 aromatic carbocycles. The normalized spacial score (nSPS) is 11.9. The number of carbonyl (C=O) groups excluding carboxylic acids is 1. The van der Waals surface area contributed by atoms with Crippen LogP contribution in [0.25, 0.3) is 0 Å². The summed E-state index contributed by atoms with van der Waals surface area (Å²) in [5, 5.41) is 7.72. The van der Waals surface area contributed by atoms with Crippen LogP contribution >= 0.6 is 11.8 Å². The molecular weight excluding hydrogens is 386 g/mol. The molecule has 0 spiro atoms. The molecule has 152 valence electrons. The number of amides is 1. The number of aryl methyl sites for hydroxylation is 3. The van der Waals surface area contributed by atoms with Gasteiger partial charge < -0.3 is 14.6 Å². The molecule has 3 rings (SSSR count). The van der Waals surface area contributed by atoms with Crippen LogP contribution < -0.4 is 10.1 Å². The minimum absolute atomic E-state index is 0.171. The van der Waals surface area contributed by atoms with Gasteiger partial charge in [-0.3, -0.25) is 4.79 Å². The lowest BCUT2D eigenvalue weighted by atomic mass is 10.0. The van der Waals surface area contributed by atoms with E-state index in [0.717, 1.165) is 33.9 Å². The highest BCUT2D eigenvalue weighted by atomic mass is 32.2. The third-order valence-electron chi connectivity index (χ3n) is 4.75. The lowest BCUT2D eigenvalue weighted by molar-refractivity contribution is 0.0936. The van der Waals surface area contributed by atoms with Gasteiger partial charge in [-0.25, -0.2) is 4.98 Å². The van der Waals surface area contributed by atoms with Gasteiger partial charge in [-0.1, -0.05) is 22.9 Å². The van der Waals surface area contributed by atoms with E-state index in [2.05, 4.69) is 15.5 Å². The number of nitrogens with zero attached hydrogens (tertiary/aromatic N) is 2. The molecule has 7 heteroatoms. The standard InChI is InChI=1S/C22H25N3O3S/c1-13-8-9-20(27-5)18(11-13)14(2)24-21(26)17-7-6-10-23-22(17)29-12-19-15(3)25-28-16(19)4/h6-11,14H,12H2,1-5H3,(H,24,26). The average Bonchev–Trinajstić information content (AvgIpc) is 3.04. The molecule has 0 saturated carbocycles. The summed E-state index contributed by atoms with van der Waals surface area (Å²) in [5.41, 5.74) is 4.48. The van der Waals surface area contributed by atoms with Gasteiger partial charge in [0.15, 0.2) is 0 Å². The molecule has 0 bridgehead atoms. The fourth-order valence-corrected chi connectivity index (χ4v) is 4.22. The van der Waals surface area contributed by atoms with E-state index in [1.165, 1.54) is 11.8 Å². The smallest absolute Gasteiger partial charge is 0.254 e. The molecule has 1 N–H and O–H groups in total. The van der Waals surface area contributed by atoms with E-state index in [1.807, 2.05) is 45.9 Å². The van der Waals surface area contributed by atoms with Gasteiger partial charge in [0.25, 0.3) is 5.91 Å². The summed E-state index contributed by atoms with van der Waals surface area (Å²) >= 11 is 1.50. The first-order chi connectivity index (χ1) is 13.9. The quantitative estimate of drug-likeness (QED) is 0.564. The Balaban J connectivity index is 1.77. The second-order valence-electron chi connectivity index (χ2n) is 6.89. The largest absolute Gasteiger partial charge is 0.496 e. The lowest BCUT2D eigenvalue weighted by Crippen LogP contribution is -2.27. The fourth-order valence-electron chi connectivity index (χ4n) is 3.07. The zero-order valence-corrected chi connectivity index (χ0v) is 18.1. The highest BCUT2D eigenvalue weighted by Gasteiger charge is 2.19. The predicted molar refractivity (Wildman–Crippen MR) is 113 cm³/mol. The van der Waals surface area contributed by atoms with Crippen molar-refractivity contribution < 1.29 is 14.1 Å². The van der Waals surface area contributed by atoms with Gasteiger partial charge in [0.05, 0.1) is 24.4 Å². The Morgan fingerprint density at radius 2 is 2.07 bits per heavy atom. The van der Waals surface area contributed by atoms with Gasteiger partial charge in [-0.15, -0.1) is 11.8 Å². The highest BCUT2D eigenvalue weighted by Crippen LogP contribution is 2.29. The van der Waals surface area contributed by atoms with Gasteiger partial charge in [-0.05, 0) is 45.9 Å². The maximum Gasteiger partial charge on any atom is 0.254 e.